The van der Waals surface area contributed by atoms with Gasteiger partial charge in [-0.2, -0.15) is 4.98 Å². The number of hydrogen-bond donors (Lipinski definition) is 3. The molecule has 7 heteroatoms. The van der Waals surface area contributed by atoms with Gasteiger partial charge in [-0.1, -0.05) is 6.42 Å². The Hall–Kier alpha value is -1.73. The highest BCUT2D eigenvalue weighted by molar-refractivity contribution is 7.13. The van der Waals surface area contributed by atoms with Crippen LogP contribution in [-0.4, -0.2) is 38.7 Å². The van der Waals surface area contributed by atoms with Crippen LogP contribution in [0.25, 0.3) is 10.6 Å². The van der Waals surface area contributed by atoms with Crippen LogP contribution in [0, 0.1) is 5.92 Å². The molecular weight excluding hydrogens is 334 g/mol. The number of rotatable bonds is 6. The highest BCUT2D eigenvalue weighted by atomic mass is 32.1. The first-order chi connectivity index (χ1) is 12.3. The van der Waals surface area contributed by atoms with E-state index in [-0.39, 0.29) is 6.10 Å². The van der Waals surface area contributed by atoms with E-state index in [9.17, 15) is 5.11 Å². The molecule has 0 amide bonds. The van der Waals surface area contributed by atoms with Crippen LogP contribution >= 0.6 is 11.3 Å². The third-order valence-electron chi connectivity index (χ3n) is 5.26. The summed E-state index contributed by atoms with van der Waals surface area (Å²) in [6.45, 7) is 0.950. The van der Waals surface area contributed by atoms with Crippen molar-refractivity contribution in [1.29, 1.82) is 0 Å². The number of hydrogen-bond acceptors (Lipinski definition) is 7. The normalized spacial score (nSPS) is 23.9. The van der Waals surface area contributed by atoms with E-state index < -0.39 is 0 Å². The molecule has 2 aromatic heterocycles. The Morgan fingerprint density at radius 2 is 1.96 bits per heavy atom. The number of aliphatic hydroxyl groups is 1. The minimum atomic E-state index is -0.151. The van der Waals surface area contributed by atoms with Gasteiger partial charge < -0.3 is 15.7 Å². The van der Waals surface area contributed by atoms with Gasteiger partial charge in [0.05, 0.1) is 11.7 Å². The van der Waals surface area contributed by atoms with Gasteiger partial charge in [-0.25, -0.2) is 9.97 Å². The summed E-state index contributed by atoms with van der Waals surface area (Å²) in [5, 5.41) is 19.6. The molecule has 2 aromatic rings. The van der Waals surface area contributed by atoms with Gasteiger partial charge >= 0.3 is 0 Å². The topological polar surface area (TPSA) is 83.0 Å². The van der Waals surface area contributed by atoms with E-state index in [0.717, 1.165) is 54.5 Å². The van der Waals surface area contributed by atoms with E-state index in [0.29, 0.717) is 12.0 Å². The SMILES string of the molecule is OC1CCC(Nc2nc(NCC3CCC3)ncc2-c2nccs2)CC1. The molecule has 6 nitrogen and oxygen atoms in total. The Kier molecular flexibility index (Phi) is 5.12. The maximum atomic E-state index is 9.72. The predicted octanol–water partition coefficient (Wildman–Crippen LogP) is 3.53. The molecule has 4 rings (SSSR count). The Morgan fingerprint density at radius 3 is 2.64 bits per heavy atom. The van der Waals surface area contributed by atoms with Gasteiger partial charge in [-0.05, 0) is 44.4 Å². The van der Waals surface area contributed by atoms with E-state index in [4.69, 9.17) is 4.98 Å². The summed E-state index contributed by atoms with van der Waals surface area (Å²) in [7, 11) is 0. The summed E-state index contributed by atoms with van der Waals surface area (Å²) in [5.74, 6) is 2.30. The molecule has 2 heterocycles. The average molecular weight is 359 g/mol. The summed E-state index contributed by atoms with van der Waals surface area (Å²) in [5.41, 5.74) is 0.954. The van der Waals surface area contributed by atoms with Crippen LogP contribution in [-0.2, 0) is 0 Å². The van der Waals surface area contributed by atoms with Gasteiger partial charge in [-0.15, -0.1) is 11.3 Å². The second kappa shape index (κ2) is 7.66. The first-order valence-electron chi connectivity index (χ1n) is 9.23. The molecule has 0 atom stereocenters. The van der Waals surface area contributed by atoms with Gasteiger partial charge in [-0.3, -0.25) is 0 Å². The second-order valence-electron chi connectivity index (χ2n) is 7.12. The molecule has 2 aliphatic rings. The summed E-state index contributed by atoms with van der Waals surface area (Å²) < 4.78 is 0. The molecule has 134 valence electrons. The average Bonchev–Trinajstić information content (AvgIpc) is 3.10. The second-order valence-corrected chi connectivity index (χ2v) is 8.02. The van der Waals surface area contributed by atoms with Crippen molar-refractivity contribution in [3.8, 4) is 10.6 Å². The smallest absolute Gasteiger partial charge is 0.224 e. The van der Waals surface area contributed by atoms with Crippen LogP contribution in [0.1, 0.15) is 44.9 Å². The molecule has 0 bridgehead atoms. The molecule has 0 spiro atoms. The Balaban J connectivity index is 1.51. The van der Waals surface area contributed by atoms with E-state index in [2.05, 4.69) is 20.6 Å². The number of nitrogens with one attached hydrogen (secondary N) is 2. The molecule has 0 aromatic carbocycles. The van der Waals surface area contributed by atoms with Crippen LogP contribution in [0.15, 0.2) is 17.8 Å². The fraction of sp³-hybridized carbons (Fsp3) is 0.611. The monoisotopic (exact) mass is 359 g/mol. The largest absolute Gasteiger partial charge is 0.393 e. The van der Waals surface area contributed by atoms with Gasteiger partial charge in [0.2, 0.25) is 5.95 Å². The molecule has 25 heavy (non-hydrogen) atoms. The first-order valence-corrected chi connectivity index (χ1v) is 10.1. The van der Waals surface area contributed by atoms with Crippen LogP contribution < -0.4 is 10.6 Å². The van der Waals surface area contributed by atoms with Crippen LogP contribution in [0.2, 0.25) is 0 Å². The highest BCUT2D eigenvalue weighted by Gasteiger charge is 2.22. The lowest BCUT2D eigenvalue weighted by atomic mass is 9.85. The molecule has 0 aliphatic heterocycles. The highest BCUT2D eigenvalue weighted by Crippen LogP contribution is 2.31. The maximum absolute atomic E-state index is 9.72. The predicted molar refractivity (Wildman–Crippen MR) is 101 cm³/mol. The van der Waals surface area contributed by atoms with Gasteiger partial charge in [0.25, 0.3) is 0 Å². The van der Waals surface area contributed by atoms with Crippen LogP contribution in [0.5, 0.6) is 0 Å². The van der Waals surface area contributed by atoms with E-state index in [1.165, 1.54) is 19.3 Å². The zero-order valence-electron chi connectivity index (χ0n) is 14.3. The molecule has 2 aliphatic carbocycles. The molecule has 2 fully saturated rings. The van der Waals surface area contributed by atoms with Crippen molar-refractivity contribution in [2.45, 2.75) is 57.1 Å². The molecule has 0 radical (unpaired) electrons. The van der Waals surface area contributed by atoms with Crippen molar-refractivity contribution in [2.75, 3.05) is 17.2 Å². The number of anilines is 2. The van der Waals surface area contributed by atoms with E-state index >= 15 is 0 Å². The standard InChI is InChI=1S/C18H25N5OS/c24-14-6-4-13(5-7-14)22-16-15(17-19-8-9-25-17)11-21-18(23-16)20-10-12-2-1-3-12/h8-9,11-14,24H,1-7,10H2,(H2,20,21,22,23). The molecule has 3 N–H and O–H groups in total. The van der Waals surface area contributed by atoms with E-state index in [1.54, 1.807) is 11.3 Å². The third kappa shape index (κ3) is 4.10. The summed E-state index contributed by atoms with van der Waals surface area (Å²) in [6, 6.07) is 0.344. The minimum Gasteiger partial charge on any atom is -0.393 e. The third-order valence-corrected chi connectivity index (χ3v) is 6.07. The lowest BCUT2D eigenvalue weighted by Crippen LogP contribution is -2.29. The molecular formula is C18H25N5OS. The number of thiazole rings is 1. The van der Waals surface area contributed by atoms with Crippen molar-refractivity contribution in [2.24, 2.45) is 5.92 Å². The summed E-state index contributed by atoms with van der Waals surface area (Å²) in [6.07, 6.45) is 11.1. The van der Waals surface area contributed by atoms with Crippen LogP contribution in [0.3, 0.4) is 0 Å². The first kappa shape index (κ1) is 16.7. The summed E-state index contributed by atoms with van der Waals surface area (Å²) >= 11 is 1.60. The van der Waals surface area contributed by atoms with E-state index in [1.807, 2.05) is 17.8 Å². The van der Waals surface area contributed by atoms with Gasteiger partial charge in [0.1, 0.15) is 10.8 Å². The van der Waals surface area contributed by atoms with Crippen LogP contribution in [0.4, 0.5) is 11.8 Å². The van der Waals surface area contributed by atoms with Crippen molar-refractivity contribution >= 4 is 23.1 Å². The molecule has 0 saturated heterocycles. The Morgan fingerprint density at radius 1 is 1.12 bits per heavy atom. The Labute approximate surface area is 152 Å². The lowest BCUT2D eigenvalue weighted by molar-refractivity contribution is 0.126. The Bertz CT molecular complexity index is 681. The number of aliphatic hydroxyl groups excluding tert-OH is 1. The lowest BCUT2D eigenvalue weighted by Gasteiger charge is -2.27. The van der Waals surface area contributed by atoms with Crippen molar-refractivity contribution in [3.63, 3.8) is 0 Å². The van der Waals surface area contributed by atoms with Crippen molar-refractivity contribution < 1.29 is 5.11 Å². The zero-order valence-corrected chi connectivity index (χ0v) is 15.1. The zero-order chi connectivity index (χ0) is 17.1. The van der Waals surface area contributed by atoms with Crippen molar-refractivity contribution in [3.05, 3.63) is 17.8 Å². The minimum absolute atomic E-state index is 0.151. The summed E-state index contributed by atoms with van der Waals surface area (Å²) in [4.78, 5) is 13.7. The fourth-order valence-corrected chi connectivity index (χ4v) is 4.08. The fourth-order valence-electron chi connectivity index (χ4n) is 3.44. The number of aromatic nitrogens is 3. The molecule has 0 unspecified atom stereocenters. The van der Waals surface area contributed by atoms with Crippen molar-refractivity contribution in [1.82, 2.24) is 15.0 Å². The maximum Gasteiger partial charge on any atom is 0.224 e. The number of nitrogens with zero attached hydrogens (tertiary/aromatic N) is 3. The quantitative estimate of drug-likeness (QED) is 0.732. The van der Waals surface area contributed by atoms with Gasteiger partial charge in [0.15, 0.2) is 0 Å². The molecule has 2 saturated carbocycles. The van der Waals surface area contributed by atoms with Gasteiger partial charge in [0, 0.05) is 30.4 Å².